The van der Waals surface area contributed by atoms with Gasteiger partial charge in [0, 0.05) is 11.5 Å². The highest BCUT2D eigenvalue weighted by molar-refractivity contribution is 6.15. The van der Waals surface area contributed by atoms with Crippen molar-refractivity contribution in [3.63, 3.8) is 0 Å². The van der Waals surface area contributed by atoms with Crippen LogP contribution in [0.4, 0.5) is 22.0 Å². The van der Waals surface area contributed by atoms with Gasteiger partial charge < -0.3 is 4.74 Å². The van der Waals surface area contributed by atoms with Gasteiger partial charge in [0.05, 0.1) is 14.5 Å². The largest absolute Gasteiger partial charge is 0.493 e. The van der Waals surface area contributed by atoms with E-state index in [0.717, 1.165) is 23.6 Å². The van der Waals surface area contributed by atoms with E-state index < -0.39 is 46.6 Å². The molecule has 4 aromatic rings. The molecular weight excluding hydrogens is 458 g/mol. The van der Waals surface area contributed by atoms with Crippen LogP contribution in [0.15, 0.2) is 84.9 Å². The van der Waals surface area contributed by atoms with Crippen LogP contribution in [-0.2, 0) is 5.31 Å². The summed E-state index contributed by atoms with van der Waals surface area (Å²) in [6.45, 7) is 0.613. The minimum Gasteiger partial charge on any atom is -0.493 e. The Morgan fingerprint density at radius 2 is 1.11 bits per heavy atom. The zero-order valence-electron chi connectivity index (χ0n) is 18.7. The fraction of sp³-hybridized carbons (Fsp3) is 0.143. The Morgan fingerprint density at radius 3 is 1.63 bits per heavy atom. The summed E-state index contributed by atoms with van der Waals surface area (Å²) in [5, 5.41) is -2.00. The molecule has 0 saturated heterocycles. The predicted octanol–water partition coefficient (Wildman–Crippen LogP) is 7.03. The van der Waals surface area contributed by atoms with E-state index in [4.69, 9.17) is 12.6 Å². The molecule has 0 saturated carbocycles. The lowest BCUT2D eigenvalue weighted by molar-refractivity contribution is 0.263. The van der Waals surface area contributed by atoms with Gasteiger partial charge in [0.15, 0.2) is 23.3 Å². The highest BCUT2D eigenvalue weighted by Gasteiger charge is 2.35. The molecule has 7 heteroatoms. The molecule has 0 N–H and O–H groups in total. The Balaban J connectivity index is 1.65. The lowest BCUT2D eigenvalue weighted by Gasteiger charge is -2.27. The third kappa shape index (κ3) is 4.95. The maximum Gasteiger partial charge on any atom is 0.200 e. The summed E-state index contributed by atoms with van der Waals surface area (Å²) < 4.78 is 75.2. The van der Waals surface area contributed by atoms with Gasteiger partial charge in [0.2, 0.25) is 5.82 Å². The van der Waals surface area contributed by atoms with Gasteiger partial charge >= 0.3 is 0 Å². The molecule has 2 radical (unpaired) electrons. The Labute approximate surface area is 201 Å². The highest BCUT2D eigenvalue weighted by Crippen LogP contribution is 2.35. The molecule has 0 amide bonds. The molecule has 1 nitrogen and oxygen atoms in total. The highest BCUT2D eigenvalue weighted by atomic mass is 19.2. The molecule has 0 heterocycles. The van der Waals surface area contributed by atoms with E-state index in [1.807, 2.05) is 66.7 Å². The monoisotopic (exact) mass is 478 g/mol. The number of rotatable bonds is 7. The molecular formula is C28H20BF5O. The molecule has 0 bridgehead atoms. The number of hydrogen-bond donors (Lipinski definition) is 0. The number of benzene rings is 4. The van der Waals surface area contributed by atoms with Crippen LogP contribution in [-0.4, -0.2) is 14.5 Å². The fourth-order valence-electron chi connectivity index (χ4n) is 4.06. The van der Waals surface area contributed by atoms with Crippen LogP contribution in [0.2, 0.25) is 0 Å². The molecule has 1 atom stereocenters. The molecule has 0 aliphatic heterocycles. The van der Waals surface area contributed by atoms with Crippen LogP contribution in [0, 0.1) is 29.1 Å². The summed E-state index contributed by atoms with van der Waals surface area (Å²) >= 11 is 0. The van der Waals surface area contributed by atoms with Gasteiger partial charge in [-0.15, -0.1) is 0 Å². The zero-order valence-corrected chi connectivity index (χ0v) is 18.7. The molecule has 1 unspecified atom stereocenters. The lowest BCUT2D eigenvalue weighted by Crippen LogP contribution is -2.34. The van der Waals surface area contributed by atoms with Crippen molar-refractivity contribution in [1.82, 2.24) is 0 Å². The summed E-state index contributed by atoms with van der Waals surface area (Å²) in [7, 11) is 5.99. The minimum atomic E-state index is -2.24. The van der Waals surface area contributed by atoms with Gasteiger partial charge in [-0.05, 0) is 34.1 Å². The molecule has 4 rings (SSSR count). The molecule has 0 aromatic heterocycles. The minimum absolute atomic E-state index is 0.125. The zero-order chi connectivity index (χ0) is 25.2. The average molecular weight is 478 g/mol. The summed E-state index contributed by atoms with van der Waals surface area (Å²) in [5.74, 6) is -10.1. The van der Waals surface area contributed by atoms with Gasteiger partial charge in [0.25, 0.3) is 0 Å². The van der Waals surface area contributed by atoms with Gasteiger partial charge in [0.1, 0.15) is 5.75 Å². The van der Waals surface area contributed by atoms with Crippen molar-refractivity contribution in [2.24, 2.45) is 0 Å². The SMILES string of the molecule is [B]C(C)(COc1cccc(C(c2ccccc2)c2ccccc2)c1)c1c(F)c(F)c(F)c(F)c1F. The van der Waals surface area contributed by atoms with E-state index in [1.165, 1.54) is 0 Å². The van der Waals surface area contributed by atoms with Crippen molar-refractivity contribution in [2.75, 3.05) is 6.61 Å². The van der Waals surface area contributed by atoms with E-state index >= 15 is 0 Å². The number of hydrogen-bond acceptors (Lipinski definition) is 1. The van der Waals surface area contributed by atoms with E-state index in [0.29, 0.717) is 5.75 Å². The van der Waals surface area contributed by atoms with Gasteiger partial charge in [-0.3, -0.25) is 0 Å². The van der Waals surface area contributed by atoms with E-state index in [1.54, 1.807) is 18.2 Å². The van der Waals surface area contributed by atoms with Crippen LogP contribution in [0.5, 0.6) is 5.75 Å². The van der Waals surface area contributed by atoms with Crippen molar-refractivity contribution < 1.29 is 26.7 Å². The molecule has 0 aliphatic carbocycles. The molecule has 0 spiro atoms. The standard InChI is InChI=1S/C28H20BF5O/c1-28(29,22-23(30)25(32)27(34)26(33)24(22)31)16-35-20-14-8-13-19(15-20)21(17-9-4-2-5-10-17)18-11-6-3-7-12-18/h2-15,21H,16H2,1H3. The number of halogens is 5. The first-order chi connectivity index (χ1) is 16.7. The van der Waals surface area contributed by atoms with E-state index in [9.17, 15) is 22.0 Å². The number of ether oxygens (including phenoxy) is 1. The molecule has 0 aliphatic rings. The maximum atomic E-state index is 14.3. The molecule has 0 fully saturated rings. The van der Waals surface area contributed by atoms with Gasteiger partial charge in [-0.2, -0.15) is 0 Å². The van der Waals surface area contributed by atoms with Crippen molar-refractivity contribution in [2.45, 2.75) is 18.2 Å². The Hall–Kier alpha value is -3.61. The normalized spacial score (nSPS) is 13.0. The maximum absolute atomic E-state index is 14.3. The summed E-state index contributed by atoms with van der Waals surface area (Å²) in [6, 6.07) is 26.7. The van der Waals surface area contributed by atoms with Crippen LogP contribution in [0.1, 0.15) is 35.1 Å². The van der Waals surface area contributed by atoms with Crippen LogP contribution < -0.4 is 4.74 Å². The van der Waals surface area contributed by atoms with Crippen LogP contribution in [0.3, 0.4) is 0 Å². The fourth-order valence-corrected chi connectivity index (χ4v) is 4.06. The Kier molecular flexibility index (Phi) is 6.96. The Morgan fingerprint density at radius 1 is 0.657 bits per heavy atom. The summed E-state index contributed by atoms with van der Waals surface area (Å²) in [4.78, 5) is 0. The second-order valence-electron chi connectivity index (χ2n) is 8.48. The van der Waals surface area contributed by atoms with Crippen LogP contribution >= 0.6 is 0 Å². The quantitative estimate of drug-likeness (QED) is 0.0912. The lowest BCUT2D eigenvalue weighted by atomic mass is 9.66. The second-order valence-corrected chi connectivity index (χ2v) is 8.48. The first kappa shape index (κ1) is 24.5. The Bertz CT molecular complexity index is 1260. The van der Waals surface area contributed by atoms with Crippen molar-refractivity contribution >= 4 is 7.85 Å². The molecule has 35 heavy (non-hydrogen) atoms. The van der Waals surface area contributed by atoms with Crippen molar-refractivity contribution in [1.29, 1.82) is 0 Å². The van der Waals surface area contributed by atoms with E-state index in [-0.39, 0.29) is 5.92 Å². The van der Waals surface area contributed by atoms with E-state index in [2.05, 4.69) is 0 Å². The van der Waals surface area contributed by atoms with Gasteiger partial charge in [-0.1, -0.05) is 79.7 Å². The van der Waals surface area contributed by atoms with Crippen molar-refractivity contribution in [3.8, 4) is 5.75 Å². The third-order valence-corrected chi connectivity index (χ3v) is 5.78. The first-order valence-corrected chi connectivity index (χ1v) is 10.8. The summed E-state index contributed by atoms with van der Waals surface area (Å²) in [6.07, 6.45) is 0. The molecule has 4 aromatic carbocycles. The topological polar surface area (TPSA) is 9.23 Å². The van der Waals surface area contributed by atoms with Crippen LogP contribution in [0.25, 0.3) is 0 Å². The van der Waals surface area contributed by atoms with Gasteiger partial charge in [-0.25, -0.2) is 22.0 Å². The molecule has 176 valence electrons. The average Bonchev–Trinajstić information content (AvgIpc) is 2.87. The first-order valence-electron chi connectivity index (χ1n) is 10.8. The predicted molar refractivity (Wildman–Crippen MR) is 125 cm³/mol. The third-order valence-electron chi connectivity index (χ3n) is 5.78. The van der Waals surface area contributed by atoms with Crippen molar-refractivity contribution in [3.05, 3.63) is 136 Å². The smallest absolute Gasteiger partial charge is 0.200 e. The summed E-state index contributed by atoms with van der Waals surface area (Å²) in [5.41, 5.74) is 1.84. The second kappa shape index (κ2) is 9.94.